The van der Waals surface area contributed by atoms with E-state index >= 15 is 8.78 Å². The Morgan fingerprint density at radius 3 is 2.22 bits per heavy atom. The van der Waals surface area contributed by atoms with Gasteiger partial charge in [0.25, 0.3) is 5.92 Å². The number of nitrogens with one attached hydrogen (secondary N) is 1. The summed E-state index contributed by atoms with van der Waals surface area (Å²) in [4.78, 5) is 31.3. The largest absolute Gasteiger partial charge is 0.759 e. The molecule has 2 aliphatic carbocycles. The number of fused-ring (bicyclic) bond motifs is 4. The second-order valence-corrected chi connectivity index (χ2v) is 22.7. The molecule has 2 aromatic carbocycles. The number of aromatic nitrogens is 5. The molecule has 2 aliphatic rings. The van der Waals surface area contributed by atoms with Crippen molar-refractivity contribution in [1.82, 2.24) is 34.2 Å². The number of amides is 1. The first-order valence-corrected chi connectivity index (χ1v) is 24.7. The zero-order valence-electron chi connectivity index (χ0n) is 38.5. The van der Waals surface area contributed by atoms with Crippen LogP contribution in [0.15, 0.2) is 42.5 Å². The number of carbonyl (C=O) groups excluding carboxylic acids is 2. The van der Waals surface area contributed by atoms with Crippen molar-refractivity contribution in [2.24, 2.45) is 11.3 Å². The van der Waals surface area contributed by atoms with Gasteiger partial charge in [0.1, 0.15) is 40.9 Å². The SMILES string of the molecule is CC(C)(C)C(=O)OCN(Cc1nn(CC(F)(F)F)c2c(-c3ccc(C#CC(C)(C)S(C)(=O)=O)nc3C(Cc3cc(F)cc(F)c3)NC(=O)Cn3nc(C(F)(F)F)c4c3C(F)(F)[C@@H]3C[C@H]43)ccc(Cl)c12)S(=O)[O-]. The molecule has 0 spiro atoms. The van der Waals surface area contributed by atoms with E-state index in [2.05, 4.69) is 32.3 Å². The van der Waals surface area contributed by atoms with Crippen molar-refractivity contribution < 1.29 is 75.4 Å². The number of esters is 1. The van der Waals surface area contributed by atoms with E-state index in [1.54, 1.807) is 0 Å². The van der Waals surface area contributed by atoms with Gasteiger partial charge in [0.05, 0.1) is 39.9 Å². The molecule has 1 N–H and O–H groups in total. The monoisotopic (exact) mass is 1080 g/mol. The number of rotatable bonds is 14. The predicted molar refractivity (Wildman–Crippen MR) is 238 cm³/mol. The van der Waals surface area contributed by atoms with Crippen molar-refractivity contribution in [2.75, 3.05) is 13.0 Å². The van der Waals surface area contributed by atoms with Crippen LogP contribution in [0.4, 0.5) is 43.9 Å². The molecular weight excluding hydrogens is 1040 g/mol. The summed E-state index contributed by atoms with van der Waals surface area (Å²) in [5.41, 5.74) is -6.76. The van der Waals surface area contributed by atoms with Gasteiger partial charge >= 0.3 is 18.3 Å². The second-order valence-electron chi connectivity index (χ2n) is 18.8. The van der Waals surface area contributed by atoms with E-state index < -0.39 is 158 Å². The first-order valence-electron chi connectivity index (χ1n) is 21.4. The Labute approximate surface area is 411 Å². The predicted octanol–water partition coefficient (Wildman–Crippen LogP) is 8.43. The van der Waals surface area contributed by atoms with Crippen LogP contribution in [-0.4, -0.2) is 81.8 Å². The summed E-state index contributed by atoms with van der Waals surface area (Å²) in [5, 5.41) is 9.38. The van der Waals surface area contributed by atoms with Crippen LogP contribution >= 0.6 is 11.6 Å². The fourth-order valence-electron chi connectivity index (χ4n) is 8.12. The smallest absolute Gasteiger partial charge is 0.435 e. The van der Waals surface area contributed by atoms with Gasteiger partial charge in [-0.1, -0.05) is 23.6 Å². The minimum absolute atomic E-state index is 0.212. The number of hydrogen-bond acceptors (Lipinski definition) is 10. The zero-order chi connectivity index (χ0) is 53.4. The van der Waals surface area contributed by atoms with E-state index in [0.717, 1.165) is 18.4 Å². The number of sulfone groups is 1. The molecule has 1 fully saturated rings. The molecule has 27 heteroatoms. The lowest BCUT2D eigenvalue weighted by Gasteiger charge is -2.25. The lowest BCUT2D eigenvalue weighted by atomic mass is 9.93. The van der Waals surface area contributed by atoms with E-state index in [1.165, 1.54) is 58.9 Å². The highest BCUT2D eigenvalue weighted by Gasteiger charge is 2.68. The van der Waals surface area contributed by atoms with E-state index in [1.807, 2.05) is 0 Å². The lowest BCUT2D eigenvalue weighted by molar-refractivity contribution is -0.156. The fraction of sp³-hybridized carbons (Fsp3) is 0.444. The Hall–Kier alpha value is -5.62. The van der Waals surface area contributed by atoms with Gasteiger partial charge in [-0.2, -0.15) is 49.6 Å². The first-order chi connectivity index (χ1) is 33.1. The highest BCUT2D eigenvalue weighted by molar-refractivity contribution is 7.92. The molecule has 3 aromatic heterocycles. The molecule has 0 aliphatic heterocycles. The number of benzene rings is 2. The molecule has 1 amide bonds. The molecule has 2 unspecified atom stereocenters. The number of halogens is 11. The zero-order valence-corrected chi connectivity index (χ0v) is 40.9. The van der Waals surface area contributed by atoms with Crippen molar-refractivity contribution in [3.8, 4) is 23.0 Å². The van der Waals surface area contributed by atoms with Crippen LogP contribution in [0.2, 0.25) is 5.02 Å². The average Bonchev–Trinajstić information content (AvgIpc) is 3.75. The maximum Gasteiger partial charge on any atom is 0.435 e. The Morgan fingerprint density at radius 1 is 1.00 bits per heavy atom. The third kappa shape index (κ3) is 11.3. The van der Waals surface area contributed by atoms with Gasteiger partial charge in [-0.25, -0.2) is 22.2 Å². The summed E-state index contributed by atoms with van der Waals surface area (Å²) < 4.78 is 201. The molecule has 1 saturated carbocycles. The van der Waals surface area contributed by atoms with Crippen molar-refractivity contribution in [3.63, 3.8) is 0 Å². The van der Waals surface area contributed by atoms with Crippen LogP contribution < -0.4 is 5.32 Å². The molecule has 4 atom stereocenters. The number of pyridine rings is 1. The summed E-state index contributed by atoms with van der Waals surface area (Å²) in [6.45, 7) is 2.10. The van der Waals surface area contributed by atoms with Gasteiger partial charge in [-0.3, -0.25) is 23.2 Å². The molecular formula is C45H41ClF10N7O7S2-. The number of carbonyl (C=O) groups is 2. The van der Waals surface area contributed by atoms with Crippen molar-refractivity contribution in [3.05, 3.63) is 98.7 Å². The van der Waals surface area contributed by atoms with Crippen molar-refractivity contribution >= 4 is 55.5 Å². The Balaban J connectivity index is 1.44. The molecule has 14 nitrogen and oxygen atoms in total. The Bertz CT molecular complexity index is 3190. The van der Waals surface area contributed by atoms with Crippen molar-refractivity contribution in [1.29, 1.82) is 0 Å². The number of ether oxygens (including phenoxy) is 1. The third-order valence-corrected chi connectivity index (χ3v) is 14.8. The fourth-order valence-corrected chi connectivity index (χ4v) is 8.98. The van der Waals surface area contributed by atoms with Gasteiger partial charge in [-0.15, -0.1) is 0 Å². The number of hydrogen-bond donors (Lipinski definition) is 1. The Kier molecular flexibility index (Phi) is 14.3. The minimum Gasteiger partial charge on any atom is -0.759 e. The normalized spacial score (nSPS) is 17.5. The average molecular weight is 1080 g/mol. The summed E-state index contributed by atoms with van der Waals surface area (Å²) in [6.07, 6.45) is -10.3. The van der Waals surface area contributed by atoms with E-state index in [0.29, 0.717) is 15.1 Å². The van der Waals surface area contributed by atoms with Gasteiger partial charge in [0, 0.05) is 51.6 Å². The standard InChI is InChI=1S/C45H42ClF10N7O7S2/c1-41(2,3)40(65)70-21-61(71(66)67)18-32-35-30(46)10-9-27(37(35)63(59-32)20-43(49,50)51)26-8-7-25(11-12-42(4,5)72(6,68)69)57-36(26)31(15-22-13-23(47)16-24(48)14-22)58-33(64)19-62-39-34(38(60-62)45(54,55)56)28-17-29(28)44(39,52)53/h7-10,13-14,16,28-29,31H,15,17-21H2,1-6H3,(H,58,64)(H,66,67)/p-1/t28-,29+,31?/m0/s1. The lowest BCUT2D eigenvalue weighted by Crippen LogP contribution is -2.35. The highest BCUT2D eigenvalue weighted by Crippen LogP contribution is 2.68. The van der Waals surface area contributed by atoms with Gasteiger partial charge in [0.15, 0.2) is 22.3 Å². The summed E-state index contributed by atoms with van der Waals surface area (Å²) in [6, 6.07) is 5.21. The van der Waals surface area contributed by atoms with E-state index in [-0.39, 0.29) is 43.9 Å². The van der Waals surface area contributed by atoms with Crippen LogP contribution in [0.1, 0.15) is 92.6 Å². The molecule has 5 aromatic rings. The topological polar surface area (TPSA) is 181 Å². The van der Waals surface area contributed by atoms with Crippen LogP contribution in [0.25, 0.3) is 22.0 Å². The molecule has 0 saturated heterocycles. The molecule has 3 heterocycles. The van der Waals surface area contributed by atoms with Crippen LogP contribution in [0.3, 0.4) is 0 Å². The van der Waals surface area contributed by atoms with Crippen LogP contribution in [0.5, 0.6) is 0 Å². The molecule has 388 valence electrons. The first kappa shape index (κ1) is 54.2. The second kappa shape index (κ2) is 19.0. The van der Waals surface area contributed by atoms with Gasteiger partial charge in [0.2, 0.25) is 5.91 Å². The van der Waals surface area contributed by atoms with Crippen molar-refractivity contribution in [2.45, 2.75) is 102 Å². The number of nitrogens with zero attached hydrogens (tertiary/aromatic N) is 6. The quantitative estimate of drug-likeness (QED) is 0.0373. The molecule has 7 rings (SSSR count). The maximum atomic E-state index is 15.6. The summed E-state index contributed by atoms with van der Waals surface area (Å²) in [7, 11) is -3.88. The molecule has 0 radical (unpaired) electrons. The minimum atomic E-state index is -5.21. The number of alkyl halides is 8. The Morgan fingerprint density at radius 2 is 1.64 bits per heavy atom. The van der Waals surface area contributed by atoms with Crippen LogP contribution in [-0.2, 0) is 73.6 Å². The van der Waals surface area contributed by atoms with Crippen LogP contribution in [0, 0.1) is 34.8 Å². The summed E-state index contributed by atoms with van der Waals surface area (Å²) in [5.74, 6) is -5.72. The third-order valence-electron chi connectivity index (χ3n) is 11.9. The van der Waals surface area contributed by atoms with E-state index in [4.69, 9.17) is 16.3 Å². The maximum absolute atomic E-state index is 15.6. The van der Waals surface area contributed by atoms with Gasteiger partial charge in [-0.05, 0) is 95.2 Å². The molecule has 0 bridgehead atoms. The summed E-state index contributed by atoms with van der Waals surface area (Å²) >= 11 is 3.46. The molecule has 72 heavy (non-hydrogen) atoms. The van der Waals surface area contributed by atoms with Gasteiger partial charge < -0.3 is 14.6 Å². The highest BCUT2D eigenvalue weighted by atomic mass is 35.5. The van der Waals surface area contributed by atoms with E-state index in [9.17, 15) is 61.9 Å².